The number of carbonyl (C=O) groups is 1. The zero-order valence-electron chi connectivity index (χ0n) is 11.8. The van der Waals surface area contributed by atoms with Crippen LogP contribution in [0.1, 0.15) is 15.9 Å². The molecule has 0 aliphatic heterocycles. The standard InChI is InChI=1S/C16H18N2O3/c1-21-14-4-2-3-13(17)15(14)16(20)18-12-7-5-11(6-8-12)9-10-19/h2-8,19H,9-10,17H2,1H3,(H,18,20). The molecule has 0 aliphatic rings. The molecular weight excluding hydrogens is 268 g/mol. The lowest BCUT2D eigenvalue weighted by atomic mass is 10.1. The van der Waals surface area contributed by atoms with E-state index in [0.29, 0.717) is 29.1 Å². The van der Waals surface area contributed by atoms with Crippen molar-refractivity contribution < 1.29 is 14.6 Å². The van der Waals surface area contributed by atoms with E-state index in [-0.39, 0.29) is 12.5 Å². The summed E-state index contributed by atoms with van der Waals surface area (Å²) in [6.45, 7) is 0.101. The van der Waals surface area contributed by atoms with Crippen LogP contribution in [0.3, 0.4) is 0 Å². The van der Waals surface area contributed by atoms with Crippen LogP contribution in [0.15, 0.2) is 42.5 Å². The smallest absolute Gasteiger partial charge is 0.261 e. The molecule has 0 atom stereocenters. The number of nitrogens with two attached hydrogens (primary N) is 1. The molecule has 21 heavy (non-hydrogen) atoms. The monoisotopic (exact) mass is 286 g/mol. The minimum Gasteiger partial charge on any atom is -0.496 e. The van der Waals surface area contributed by atoms with E-state index in [1.54, 1.807) is 30.3 Å². The molecule has 0 saturated carbocycles. The van der Waals surface area contributed by atoms with Crippen molar-refractivity contribution in [2.45, 2.75) is 6.42 Å². The van der Waals surface area contributed by atoms with Crippen molar-refractivity contribution in [1.82, 2.24) is 0 Å². The van der Waals surface area contributed by atoms with E-state index >= 15 is 0 Å². The van der Waals surface area contributed by atoms with Crippen LogP contribution in [0.2, 0.25) is 0 Å². The number of anilines is 2. The van der Waals surface area contributed by atoms with Crippen molar-refractivity contribution >= 4 is 17.3 Å². The Hall–Kier alpha value is -2.53. The van der Waals surface area contributed by atoms with Crippen LogP contribution in [-0.2, 0) is 6.42 Å². The third kappa shape index (κ3) is 3.52. The van der Waals surface area contributed by atoms with Gasteiger partial charge in [-0.15, -0.1) is 0 Å². The van der Waals surface area contributed by atoms with Crippen LogP contribution in [0.25, 0.3) is 0 Å². The Bertz CT molecular complexity index is 624. The van der Waals surface area contributed by atoms with Gasteiger partial charge >= 0.3 is 0 Å². The number of aliphatic hydroxyl groups excluding tert-OH is 1. The summed E-state index contributed by atoms with van der Waals surface area (Å²) in [5.41, 5.74) is 8.20. The van der Waals surface area contributed by atoms with Gasteiger partial charge in [-0.25, -0.2) is 0 Å². The van der Waals surface area contributed by atoms with Gasteiger partial charge in [0.2, 0.25) is 0 Å². The number of nitrogens with one attached hydrogen (secondary N) is 1. The summed E-state index contributed by atoms with van der Waals surface area (Å²) >= 11 is 0. The largest absolute Gasteiger partial charge is 0.496 e. The van der Waals surface area contributed by atoms with Gasteiger partial charge in [0.1, 0.15) is 11.3 Å². The minimum atomic E-state index is -0.320. The second kappa shape index (κ2) is 6.76. The fourth-order valence-electron chi connectivity index (χ4n) is 2.04. The summed E-state index contributed by atoms with van der Waals surface area (Å²) in [6, 6.07) is 12.4. The van der Waals surface area contributed by atoms with E-state index in [9.17, 15) is 4.79 Å². The topological polar surface area (TPSA) is 84.6 Å². The highest BCUT2D eigenvalue weighted by Crippen LogP contribution is 2.25. The predicted octanol–water partition coefficient (Wildman–Crippen LogP) is 2.06. The number of amides is 1. The van der Waals surface area contributed by atoms with E-state index in [2.05, 4.69) is 5.32 Å². The van der Waals surface area contributed by atoms with Gasteiger partial charge in [0.05, 0.1) is 7.11 Å². The van der Waals surface area contributed by atoms with Crippen LogP contribution in [-0.4, -0.2) is 24.7 Å². The van der Waals surface area contributed by atoms with E-state index < -0.39 is 0 Å². The summed E-state index contributed by atoms with van der Waals surface area (Å²) in [5.74, 6) is 0.115. The number of ether oxygens (including phenoxy) is 1. The number of rotatable bonds is 5. The molecule has 4 N–H and O–H groups in total. The van der Waals surface area contributed by atoms with Crippen LogP contribution in [0.5, 0.6) is 5.75 Å². The fraction of sp³-hybridized carbons (Fsp3) is 0.188. The van der Waals surface area contributed by atoms with Crippen molar-refractivity contribution in [3.8, 4) is 5.75 Å². The second-order valence-corrected chi connectivity index (χ2v) is 4.55. The average Bonchev–Trinajstić information content (AvgIpc) is 2.49. The molecule has 2 aromatic carbocycles. The Morgan fingerprint density at radius 2 is 1.95 bits per heavy atom. The number of hydrogen-bond donors (Lipinski definition) is 3. The number of nitrogen functional groups attached to an aromatic ring is 1. The first-order chi connectivity index (χ1) is 10.2. The molecule has 0 radical (unpaired) electrons. The maximum Gasteiger partial charge on any atom is 0.261 e. The van der Waals surface area contributed by atoms with Crippen LogP contribution >= 0.6 is 0 Å². The first-order valence-corrected chi connectivity index (χ1v) is 6.59. The quantitative estimate of drug-likeness (QED) is 0.735. The van der Waals surface area contributed by atoms with Gasteiger partial charge in [-0.2, -0.15) is 0 Å². The number of carbonyl (C=O) groups excluding carboxylic acids is 1. The number of methoxy groups -OCH3 is 1. The highest BCUT2D eigenvalue weighted by molar-refractivity contribution is 6.09. The third-order valence-corrected chi connectivity index (χ3v) is 3.12. The summed E-state index contributed by atoms with van der Waals surface area (Å²) in [6.07, 6.45) is 0.591. The lowest BCUT2D eigenvalue weighted by Gasteiger charge is -2.11. The van der Waals surface area contributed by atoms with Gasteiger partial charge in [0, 0.05) is 18.0 Å². The van der Waals surface area contributed by atoms with Gasteiger partial charge in [0.15, 0.2) is 0 Å². The number of hydrogen-bond acceptors (Lipinski definition) is 4. The van der Waals surface area contributed by atoms with Gasteiger partial charge in [-0.05, 0) is 36.2 Å². The maximum absolute atomic E-state index is 12.3. The molecule has 110 valence electrons. The van der Waals surface area contributed by atoms with Gasteiger partial charge in [0.25, 0.3) is 5.91 Å². The Kier molecular flexibility index (Phi) is 4.79. The van der Waals surface area contributed by atoms with E-state index in [1.807, 2.05) is 12.1 Å². The highest BCUT2D eigenvalue weighted by Gasteiger charge is 2.15. The number of benzene rings is 2. The average molecular weight is 286 g/mol. The predicted molar refractivity (Wildman–Crippen MR) is 82.6 cm³/mol. The number of aliphatic hydroxyl groups is 1. The second-order valence-electron chi connectivity index (χ2n) is 4.55. The summed E-state index contributed by atoms with van der Waals surface area (Å²) in [5, 5.41) is 11.7. The molecule has 2 rings (SSSR count). The van der Waals surface area contributed by atoms with Crippen molar-refractivity contribution in [2.24, 2.45) is 0 Å². The summed E-state index contributed by atoms with van der Waals surface area (Å²) in [7, 11) is 1.50. The zero-order chi connectivity index (χ0) is 15.2. The Labute approximate surface area is 123 Å². The Balaban J connectivity index is 2.18. The van der Waals surface area contributed by atoms with Crippen molar-refractivity contribution in [2.75, 3.05) is 24.8 Å². The summed E-state index contributed by atoms with van der Waals surface area (Å²) in [4.78, 5) is 12.3. The molecule has 0 spiro atoms. The molecule has 0 aromatic heterocycles. The molecule has 0 unspecified atom stereocenters. The van der Waals surface area contributed by atoms with E-state index in [0.717, 1.165) is 5.56 Å². The molecule has 1 amide bonds. The fourth-order valence-corrected chi connectivity index (χ4v) is 2.04. The van der Waals surface area contributed by atoms with Gasteiger partial charge in [-0.3, -0.25) is 4.79 Å². The molecule has 5 nitrogen and oxygen atoms in total. The molecule has 0 heterocycles. The molecule has 0 fully saturated rings. The Morgan fingerprint density at radius 3 is 2.57 bits per heavy atom. The van der Waals surface area contributed by atoms with Gasteiger partial charge < -0.3 is 20.9 Å². The maximum atomic E-state index is 12.3. The van der Waals surface area contributed by atoms with Crippen LogP contribution in [0, 0.1) is 0 Å². The van der Waals surface area contributed by atoms with Crippen LogP contribution in [0.4, 0.5) is 11.4 Å². The molecule has 5 heteroatoms. The van der Waals surface area contributed by atoms with E-state index in [4.69, 9.17) is 15.6 Å². The van der Waals surface area contributed by atoms with Crippen LogP contribution < -0.4 is 15.8 Å². The van der Waals surface area contributed by atoms with Crippen molar-refractivity contribution in [3.63, 3.8) is 0 Å². The van der Waals surface area contributed by atoms with Gasteiger partial charge in [-0.1, -0.05) is 18.2 Å². The van der Waals surface area contributed by atoms with E-state index in [1.165, 1.54) is 7.11 Å². The first kappa shape index (κ1) is 14.9. The molecule has 0 bridgehead atoms. The summed E-state index contributed by atoms with van der Waals surface area (Å²) < 4.78 is 5.17. The Morgan fingerprint density at radius 1 is 1.24 bits per heavy atom. The highest BCUT2D eigenvalue weighted by atomic mass is 16.5. The molecular formula is C16H18N2O3. The molecule has 0 aliphatic carbocycles. The zero-order valence-corrected chi connectivity index (χ0v) is 11.8. The SMILES string of the molecule is COc1cccc(N)c1C(=O)Nc1ccc(CCO)cc1. The first-order valence-electron chi connectivity index (χ1n) is 6.59. The molecule has 2 aromatic rings. The van der Waals surface area contributed by atoms with Crippen molar-refractivity contribution in [1.29, 1.82) is 0 Å². The normalized spacial score (nSPS) is 10.2. The third-order valence-electron chi connectivity index (χ3n) is 3.12. The molecule has 0 saturated heterocycles. The van der Waals surface area contributed by atoms with Crippen molar-refractivity contribution in [3.05, 3.63) is 53.6 Å². The lowest BCUT2D eigenvalue weighted by Crippen LogP contribution is -2.15. The lowest BCUT2D eigenvalue weighted by molar-refractivity contribution is 0.102. The minimum absolute atomic E-state index is 0.101.